The molecule has 302 valence electrons. The van der Waals surface area contributed by atoms with Crippen LogP contribution in [0.3, 0.4) is 0 Å². The molecule has 0 radical (unpaired) electrons. The lowest BCUT2D eigenvalue weighted by atomic mass is 10.0. The number of fused-ring (bicyclic) bond motifs is 1. The molecule has 1 saturated heterocycles. The number of imidazole rings is 2. The maximum atomic E-state index is 14.0. The van der Waals surface area contributed by atoms with Crippen LogP contribution in [0.25, 0.3) is 33.6 Å². The largest absolute Gasteiger partial charge is 0.453 e. The monoisotopic (exact) mass is 788 g/mol. The third-order valence-electron chi connectivity index (χ3n) is 10.8. The SMILES string of the molecule is CCc1cccc2c1N(c1ncc(-c3ccc(-c4ccc(-c5cnc([C@@H]6CCCN6C(=O)[C@H](CCOC)NC(=O)OC)[nH]5)cc4)cc3)[nH]1)C(=O)[C@@H](NC(=O)OC)CC2. The molecule has 15 nitrogen and oxygen atoms in total. The number of nitrogens with one attached hydrogen (secondary N) is 4. The highest BCUT2D eigenvalue weighted by atomic mass is 16.5. The number of hydrogen-bond donors (Lipinski definition) is 4. The Kier molecular flexibility index (Phi) is 12.2. The lowest BCUT2D eigenvalue weighted by Crippen LogP contribution is -2.49. The number of aromatic nitrogens is 4. The van der Waals surface area contributed by atoms with Crippen molar-refractivity contribution in [2.45, 2.75) is 63.6 Å². The van der Waals surface area contributed by atoms with E-state index in [0.717, 1.165) is 69.7 Å². The lowest BCUT2D eigenvalue weighted by Gasteiger charge is -2.28. The van der Waals surface area contributed by atoms with E-state index in [1.165, 1.54) is 14.2 Å². The summed E-state index contributed by atoms with van der Waals surface area (Å²) in [5.74, 6) is 0.581. The van der Waals surface area contributed by atoms with Gasteiger partial charge in [0.15, 0.2) is 0 Å². The summed E-state index contributed by atoms with van der Waals surface area (Å²) in [6, 6.07) is 20.5. The molecule has 58 heavy (non-hydrogen) atoms. The molecule has 5 aromatic rings. The molecule has 4 amide bonds. The first-order valence-corrected chi connectivity index (χ1v) is 19.5. The highest BCUT2D eigenvalue weighted by Crippen LogP contribution is 2.37. The molecule has 0 bridgehead atoms. The number of amides is 4. The Morgan fingerprint density at radius 3 is 2.16 bits per heavy atom. The van der Waals surface area contributed by atoms with Crippen LogP contribution in [0, 0.1) is 0 Å². The van der Waals surface area contributed by atoms with Crippen LogP contribution in [0.2, 0.25) is 0 Å². The summed E-state index contributed by atoms with van der Waals surface area (Å²) in [4.78, 5) is 71.2. The number of nitrogens with zero attached hydrogens (tertiary/aromatic N) is 4. The Morgan fingerprint density at radius 2 is 1.50 bits per heavy atom. The Bertz CT molecular complexity index is 2250. The van der Waals surface area contributed by atoms with Gasteiger partial charge < -0.3 is 39.7 Å². The number of para-hydroxylation sites is 1. The third-order valence-corrected chi connectivity index (χ3v) is 10.8. The van der Waals surface area contributed by atoms with Crippen LogP contribution in [0.4, 0.5) is 21.2 Å². The Hall–Kier alpha value is -6.48. The fraction of sp³-hybridized carbons (Fsp3) is 0.349. The fourth-order valence-corrected chi connectivity index (χ4v) is 7.77. The van der Waals surface area contributed by atoms with Gasteiger partial charge in [-0.05, 0) is 65.5 Å². The number of aromatic amines is 2. The quantitative estimate of drug-likeness (QED) is 0.110. The van der Waals surface area contributed by atoms with Crippen LogP contribution in [0.5, 0.6) is 0 Å². The minimum atomic E-state index is -0.782. The molecule has 2 aliphatic heterocycles. The smallest absolute Gasteiger partial charge is 0.407 e. The predicted octanol–water partition coefficient (Wildman–Crippen LogP) is 6.46. The molecule has 2 aliphatic rings. The number of anilines is 2. The summed E-state index contributed by atoms with van der Waals surface area (Å²) >= 11 is 0. The van der Waals surface area contributed by atoms with Crippen LogP contribution in [-0.2, 0) is 36.6 Å². The van der Waals surface area contributed by atoms with Gasteiger partial charge in [0.1, 0.15) is 17.9 Å². The molecule has 0 spiro atoms. The summed E-state index contributed by atoms with van der Waals surface area (Å²) in [6.07, 6.45) is 5.83. The normalized spacial score (nSPS) is 17.0. The molecule has 2 aromatic heterocycles. The van der Waals surface area contributed by atoms with Gasteiger partial charge in [0, 0.05) is 26.7 Å². The first-order chi connectivity index (χ1) is 28.2. The molecule has 15 heteroatoms. The first-order valence-electron chi connectivity index (χ1n) is 19.5. The van der Waals surface area contributed by atoms with Crippen molar-refractivity contribution in [3.8, 4) is 33.6 Å². The summed E-state index contributed by atoms with van der Waals surface area (Å²) in [5, 5.41) is 5.35. The standard InChI is InChI=1S/C43H48N8O7/c1-5-26-8-6-9-31-19-20-32(48-42(54)57-3)40(53)51(37(26)31)41-45-25-35(47-41)30-17-13-28(14-18-30)27-11-15-29(16-12-27)34-24-44-38(46-34)36-10-7-22-50(36)39(52)33(21-23-56-2)49-43(55)58-4/h6,8-9,11-18,24-25,32-33,36H,5,7,10,19-23H2,1-4H3,(H,44,46)(H,45,47)(H,48,54)(H,49,55)/t32-,33-,36-/m0/s1. The van der Waals surface area contributed by atoms with E-state index in [1.54, 1.807) is 29.3 Å². The predicted molar refractivity (Wildman–Crippen MR) is 217 cm³/mol. The lowest BCUT2D eigenvalue weighted by molar-refractivity contribution is -0.135. The Balaban J connectivity index is 1.06. The summed E-state index contributed by atoms with van der Waals surface area (Å²) in [7, 11) is 4.10. The molecule has 1 fully saturated rings. The van der Waals surface area contributed by atoms with Crippen molar-refractivity contribution in [3.05, 3.63) is 96.1 Å². The topological polar surface area (TPSA) is 184 Å². The fourth-order valence-electron chi connectivity index (χ4n) is 7.77. The number of benzene rings is 3. The zero-order valence-electron chi connectivity index (χ0n) is 33.0. The number of H-pyrrole nitrogens is 2. The number of aryl methyl sites for hydroxylation is 2. The van der Waals surface area contributed by atoms with Gasteiger partial charge in [-0.25, -0.2) is 24.5 Å². The highest BCUT2D eigenvalue weighted by molar-refractivity contribution is 6.05. The molecule has 4 heterocycles. The van der Waals surface area contributed by atoms with Gasteiger partial charge in [-0.15, -0.1) is 0 Å². The van der Waals surface area contributed by atoms with Gasteiger partial charge in [-0.2, -0.15) is 0 Å². The third kappa shape index (κ3) is 8.30. The van der Waals surface area contributed by atoms with Crippen LogP contribution in [-0.4, -0.2) is 95.4 Å². The van der Waals surface area contributed by atoms with Crippen molar-refractivity contribution in [1.29, 1.82) is 0 Å². The highest BCUT2D eigenvalue weighted by Gasteiger charge is 2.37. The number of carbonyl (C=O) groups excluding carboxylic acids is 4. The second-order valence-electron chi connectivity index (χ2n) is 14.3. The average Bonchev–Trinajstić information content (AvgIpc) is 4.05. The molecule has 3 atom stereocenters. The first kappa shape index (κ1) is 39.7. The number of hydrogen-bond acceptors (Lipinski definition) is 9. The van der Waals surface area contributed by atoms with Crippen LogP contribution < -0.4 is 15.5 Å². The van der Waals surface area contributed by atoms with Crippen LogP contribution in [0.15, 0.2) is 79.1 Å². The zero-order valence-corrected chi connectivity index (χ0v) is 33.0. The second kappa shape index (κ2) is 17.8. The molecule has 0 unspecified atom stereocenters. The summed E-state index contributed by atoms with van der Waals surface area (Å²) in [5.41, 5.74) is 8.27. The minimum absolute atomic E-state index is 0.196. The molecule has 4 N–H and O–H groups in total. The summed E-state index contributed by atoms with van der Waals surface area (Å²) in [6.45, 7) is 2.92. The maximum absolute atomic E-state index is 14.0. The molecule has 0 saturated carbocycles. The van der Waals surface area contributed by atoms with Gasteiger partial charge in [-0.3, -0.25) is 9.59 Å². The number of rotatable bonds is 12. The number of likely N-dealkylation sites (tertiary alicyclic amines) is 1. The van der Waals surface area contributed by atoms with E-state index in [4.69, 9.17) is 14.2 Å². The Morgan fingerprint density at radius 1 is 0.845 bits per heavy atom. The summed E-state index contributed by atoms with van der Waals surface area (Å²) < 4.78 is 14.7. The molecule has 3 aromatic carbocycles. The molecule has 7 rings (SSSR count). The number of alkyl carbamates (subject to hydrolysis) is 2. The van der Waals surface area contributed by atoms with Gasteiger partial charge in [-0.1, -0.05) is 73.7 Å². The Labute approximate surface area is 336 Å². The van der Waals surface area contributed by atoms with Crippen molar-refractivity contribution in [3.63, 3.8) is 0 Å². The van der Waals surface area contributed by atoms with Crippen LogP contribution >= 0.6 is 0 Å². The van der Waals surface area contributed by atoms with E-state index < -0.39 is 24.3 Å². The van der Waals surface area contributed by atoms with Gasteiger partial charge in [0.05, 0.1) is 49.7 Å². The van der Waals surface area contributed by atoms with E-state index in [1.807, 2.05) is 54.6 Å². The van der Waals surface area contributed by atoms with E-state index in [0.29, 0.717) is 44.2 Å². The van der Waals surface area contributed by atoms with E-state index in [2.05, 4.69) is 49.6 Å². The van der Waals surface area contributed by atoms with Crippen molar-refractivity contribution >= 4 is 35.6 Å². The van der Waals surface area contributed by atoms with Crippen molar-refractivity contribution in [2.75, 3.05) is 39.4 Å². The molecular formula is C43H48N8O7. The molecular weight excluding hydrogens is 741 g/mol. The van der Waals surface area contributed by atoms with Crippen molar-refractivity contribution in [1.82, 2.24) is 35.5 Å². The van der Waals surface area contributed by atoms with E-state index >= 15 is 0 Å². The van der Waals surface area contributed by atoms with Crippen molar-refractivity contribution in [2.24, 2.45) is 0 Å². The van der Waals surface area contributed by atoms with E-state index in [9.17, 15) is 19.2 Å². The van der Waals surface area contributed by atoms with Gasteiger partial charge in [0.25, 0.3) is 5.91 Å². The van der Waals surface area contributed by atoms with Gasteiger partial charge in [0.2, 0.25) is 11.9 Å². The number of ether oxygens (including phenoxy) is 3. The average molecular weight is 789 g/mol. The van der Waals surface area contributed by atoms with Crippen LogP contribution in [0.1, 0.15) is 55.6 Å². The van der Waals surface area contributed by atoms with Crippen molar-refractivity contribution < 1.29 is 33.4 Å². The second-order valence-corrected chi connectivity index (χ2v) is 14.3. The minimum Gasteiger partial charge on any atom is -0.453 e. The maximum Gasteiger partial charge on any atom is 0.407 e. The number of methoxy groups -OCH3 is 3. The molecule has 0 aliphatic carbocycles. The van der Waals surface area contributed by atoms with E-state index in [-0.39, 0.29) is 17.9 Å². The zero-order chi connectivity index (χ0) is 40.8. The number of carbonyl (C=O) groups is 4. The van der Waals surface area contributed by atoms with Gasteiger partial charge >= 0.3 is 12.2 Å².